The van der Waals surface area contributed by atoms with E-state index in [-0.39, 0.29) is 5.91 Å². The number of carbonyl (C=O) groups excluding carboxylic acids is 1. The van der Waals surface area contributed by atoms with E-state index in [9.17, 15) is 4.79 Å². The first-order valence-corrected chi connectivity index (χ1v) is 11.0. The Morgan fingerprint density at radius 2 is 2.19 bits per heavy atom. The second-order valence-corrected chi connectivity index (χ2v) is 8.95. The standard InChI is InChI=1S/C19H26N4OS2/c1-4-15-7-5-6-10-23(15)17(24)12-25-19-22-21-18(26-19)20-16-9-8-13(2)11-14(16)3/h8-9,11,15H,4-7,10,12H2,1-3H3,(H,20,21)/t15-/m0/s1. The molecule has 0 bridgehead atoms. The quantitative estimate of drug-likeness (QED) is 0.719. The van der Waals surface area contributed by atoms with E-state index in [0.29, 0.717) is 11.8 Å². The van der Waals surface area contributed by atoms with E-state index in [4.69, 9.17) is 0 Å². The first-order valence-electron chi connectivity index (χ1n) is 9.17. The molecule has 1 fully saturated rings. The molecule has 7 heteroatoms. The van der Waals surface area contributed by atoms with Crippen molar-refractivity contribution in [2.45, 2.75) is 56.8 Å². The molecule has 5 nitrogen and oxygen atoms in total. The van der Waals surface area contributed by atoms with Crippen LogP contribution in [0.15, 0.2) is 22.5 Å². The van der Waals surface area contributed by atoms with Gasteiger partial charge in [0.25, 0.3) is 0 Å². The van der Waals surface area contributed by atoms with Crippen LogP contribution in [0, 0.1) is 13.8 Å². The van der Waals surface area contributed by atoms with Crippen molar-refractivity contribution < 1.29 is 4.79 Å². The number of thioether (sulfide) groups is 1. The van der Waals surface area contributed by atoms with Gasteiger partial charge in [0.1, 0.15) is 0 Å². The molecule has 1 saturated heterocycles. The molecule has 0 spiro atoms. The maximum atomic E-state index is 12.6. The van der Waals surface area contributed by atoms with Gasteiger partial charge in [0, 0.05) is 18.3 Å². The number of aromatic nitrogens is 2. The number of carbonyl (C=O) groups is 1. The van der Waals surface area contributed by atoms with Crippen molar-refractivity contribution in [3.05, 3.63) is 29.3 Å². The third-order valence-electron chi connectivity index (χ3n) is 4.77. The lowest BCUT2D eigenvalue weighted by molar-refractivity contribution is -0.132. The molecule has 1 aliphatic heterocycles. The highest BCUT2D eigenvalue weighted by Gasteiger charge is 2.25. The van der Waals surface area contributed by atoms with E-state index in [1.54, 1.807) is 0 Å². The number of rotatable bonds is 6. The van der Waals surface area contributed by atoms with Gasteiger partial charge in [-0.25, -0.2) is 0 Å². The summed E-state index contributed by atoms with van der Waals surface area (Å²) in [4.78, 5) is 14.6. The predicted octanol–water partition coefficient (Wildman–Crippen LogP) is 4.78. The molecule has 1 N–H and O–H groups in total. The summed E-state index contributed by atoms with van der Waals surface area (Å²) in [5, 5.41) is 12.5. The largest absolute Gasteiger partial charge is 0.339 e. The minimum atomic E-state index is 0.223. The number of nitrogens with zero attached hydrogens (tertiary/aromatic N) is 3. The van der Waals surface area contributed by atoms with Crippen molar-refractivity contribution in [2.75, 3.05) is 17.6 Å². The van der Waals surface area contributed by atoms with Crippen molar-refractivity contribution in [3.63, 3.8) is 0 Å². The summed E-state index contributed by atoms with van der Waals surface area (Å²) < 4.78 is 0.829. The fourth-order valence-corrected chi connectivity index (χ4v) is 5.00. The molecule has 0 aliphatic carbocycles. The van der Waals surface area contributed by atoms with Gasteiger partial charge < -0.3 is 10.2 Å². The number of amides is 1. The molecule has 1 aromatic heterocycles. The van der Waals surface area contributed by atoms with Crippen LogP contribution in [0.25, 0.3) is 0 Å². The van der Waals surface area contributed by atoms with Gasteiger partial charge in [-0.05, 0) is 51.2 Å². The molecule has 0 unspecified atom stereocenters. The molecule has 26 heavy (non-hydrogen) atoms. The summed E-state index contributed by atoms with van der Waals surface area (Å²) in [7, 11) is 0. The summed E-state index contributed by atoms with van der Waals surface area (Å²) in [5.41, 5.74) is 3.46. The Labute approximate surface area is 163 Å². The fraction of sp³-hybridized carbons (Fsp3) is 0.526. The zero-order valence-corrected chi connectivity index (χ0v) is 17.3. The summed E-state index contributed by atoms with van der Waals surface area (Å²) in [6.07, 6.45) is 4.53. The van der Waals surface area contributed by atoms with Crippen molar-refractivity contribution in [1.82, 2.24) is 15.1 Å². The molecule has 2 heterocycles. The van der Waals surface area contributed by atoms with Crippen LogP contribution in [0.4, 0.5) is 10.8 Å². The third-order valence-corrected chi connectivity index (χ3v) is 6.72. The van der Waals surface area contributed by atoms with Gasteiger partial charge in [-0.2, -0.15) is 0 Å². The van der Waals surface area contributed by atoms with E-state index >= 15 is 0 Å². The zero-order valence-electron chi connectivity index (χ0n) is 15.6. The molecule has 1 atom stereocenters. The van der Waals surface area contributed by atoms with E-state index in [1.807, 2.05) is 0 Å². The van der Waals surface area contributed by atoms with Crippen molar-refractivity contribution in [3.8, 4) is 0 Å². The highest BCUT2D eigenvalue weighted by Crippen LogP contribution is 2.30. The summed E-state index contributed by atoms with van der Waals surface area (Å²) in [6, 6.07) is 6.69. The summed E-state index contributed by atoms with van der Waals surface area (Å²) >= 11 is 2.98. The highest BCUT2D eigenvalue weighted by molar-refractivity contribution is 8.01. The van der Waals surface area contributed by atoms with Gasteiger partial charge in [0.05, 0.1) is 5.75 Å². The normalized spacial score (nSPS) is 17.3. The SMILES string of the molecule is CC[C@H]1CCCCN1C(=O)CSc1nnc(Nc2ccc(C)cc2C)s1. The first kappa shape index (κ1) is 19.2. The van der Waals surface area contributed by atoms with Crippen LogP contribution in [0.1, 0.15) is 43.7 Å². The molecule has 1 amide bonds. The van der Waals surface area contributed by atoms with Crippen LogP contribution in [-0.2, 0) is 4.79 Å². The number of piperidine rings is 1. The molecular weight excluding hydrogens is 364 g/mol. The second kappa shape index (κ2) is 8.86. The molecule has 1 aromatic carbocycles. The lowest BCUT2D eigenvalue weighted by Gasteiger charge is -2.35. The maximum absolute atomic E-state index is 12.6. The lowest BCUT2D eigenvalue weighted by Crippen LogP contribution is -2.44. The Morgan fingerprint density at radius 1 is 1.35 bits per heavy atom. The molecule has 0 radical (unpaired) electrons. The fourth-order valence-electron chi connectivity index (χ4n) is 3.35. The average molecular weight is 391 g/mol. The first-order chi connectivity index (χ1) is 12.6. The zero-order chi connectivity index (χ0) is 18.5. The smallest absolute Gasteiger partial charge is 0.233 e. The number of hydrogen-bond donors (Lipinski definition) is 1. The Morgan fingerprint density at radius 3 is 2.96 bits per heavy atom. The number of aryl methyl sites for hydroxylation is 2. The number of nitrogens with one attached hydrogen (secondary N) is 1. The molecule has 1 aliphatic rings. The van der Waals surface area contributed by atoms with Crippen molar-refractivity contribution >= 4 is 39.8 Å². The summed E-state index contributed by atoms with van der Waals surface area (Å²) in [6.45, 7) is 7.22. The van der Waals surface area contributed by atoms with Crippen LogP contribution in [-0.4, -0.2) is 39.3 Å². The topological polar surface area (TPSA) is 58.1 Å². The minimum absolute atomic E-state index is 0.223. The predicted molar refractivity (Wildman–Crippen MR) is 109 cm³/mol. The third kappa shape index (κ3) is 4.76. The van der Waals surface area contributed by atoms with Gasteiger partial charge >= 0.3 is 0 Å². The number of likely N-dealkylation sites (tertiary alicyclic amines) is 1. The molecule has 3 rings (SSSR count). The number of hydrogen-bond acceptors (Lipinski definition) is 6. The maximum Gasteiger partial charge on any atom is 0.233 e. The van der Waals surface area contributed by atoms with Crippen LogP contribution < -0.4 is 5.32 Å². The molecule has 0 saturated carbocycles. The Bertz CT molecular complexity index is 762. The minimum Gasteiger partial charge on any atom is -0.339 e. The highest BCUT2D eigenvalue weighted by atomic mass is 32.2. The van der Waals surface area contributed by atoms with E-state index in [2.05, 4.69) is 59.4 Å². The van der Waals surface area contributed by atoms with Crippen LogP contribution in [0.5, 0.6) is 0 Å². The van der Waals surface area contributed by atoms with Crippen LogP contribution in [0.3, 0.4) is 0 Å². The van der Waals surface area contributed by atoms with Crippen molar-refractivity contribution in [2.24, 2.45) is 0 Å². The molecule has 2 aromatic rings. The van der Waals surface area contributed by atoms with E-state index in [0.717, 1.165) is 41.0 Å². The molecular formula is C19H26N4OS2. The van der Waals surface area contributed by atoms with Gasteiger partial charge in [-0.15, -0.1) is 10.2 Å². The van der Waals surface area contributed by atoms with Crippen LogP contribution in [0.2, 0.25) is 0 Å². The van der Waals surface area contributed by atoms with E-state index in [1.165, 1.54) is 40.6 Å². The van der Waals surface area contributed by atoms with Gasteiger partial charge in [0.2, 0.25) is 11.0 Å². The lowest BCUT2D eigenvalue weighted by atomic mass is 10.0. The van der Waals surface area contributed by atoms with Crippen molar-refractivity contribution in [1.29, 1.82) is 0 Å². The molecule has 140 valence electrons. The monoisotopic (exact) mass is 390 g/mol. The summed E-state index contributed by atoms with van der Waals surface area (Å²) in [5.74, 6) is 0.662. The Kier molecular flexibility index (Phi) is 6.53. The Hall–Kier alpha value is -1.60. The van der Waals surface area contributed by atoms with Gasteiger partial charge in [-0.3, -0.25) is 4.79 Å². The second-order valence-electron chi connectivity index (χ2n) is 6.75. The van der Waals surface area contributed by atoms with Gasteiger partial charge in [0.15, 0.2) is 4.34 Å². The van der Waals surface area contributed by atoms with Gasteiger partial charge in [-0.1, -0.05) is 47.7 Å². The Balaban J connectivity index is 1.55. The number of benzene rings is 1. The van der Waals surface area contributed by atoms with Crippen LogP contribution >= 0.6 is 23.1 Å². The average Bonchev–Trinajstić information content (AvgIpc) is 3.09. The number of anilines is 2. The van der Waals surface area contributed by atoms with E-state index < -0.39 is 0 Å².